The second kappa shape index (κ2) is 8.77. The topological polar surface area (TPSA) is 33.7 Å². The van der Waals surface area contributed by atoms with Gasteiger partial charge in [0, 0.05) is 32.2 Å². The quantitative estimate of drug-likeness (QED) is 0.802. The number of nitrogens with zero attached hydrogens (tertiary/aromatic N) is 1. The van der Waals surface area contributed by atoms with E-state index in [1.807, 2.05) is 18.2 Å². The third-order valence-electron chi connectivity index (χ3n) is 5.91. The summed E-state index contributed by atoms with van der Waals surface area (Å²) in [6.07, 6.45) is 4.03. The number of hydrogen-bond acceptors (Lipinski definition) is 4. The van der Waals surface area contributed by atoms with Gasteiger partial charge in [0.05, 0.1) is 7.11 Å². The van der Waals surface area contributed by atoms with E-state index in [9.17, 15) is 0 Å². The minimum atomic E-state index is 0.492. The second-order valence-electron chi connectivity index (χ2n) is 7.61. The molecule has 1 N–H and O–H groups in total. The van der Waals surface area contributed by atoms with Crippen LogP contribution in [0.15, 0.2) is 48.5 Å². The van der Waals surface area contributed by atoms with Crippen LogP contribution in [0, 0.1) is 5.92 Å². The van der Waals surface area contributed by atoms with Crippen LogP contribution in [0.25, 0.3) is 0 Å². The summed E-state index contributed by atoms with van der Waals surface area (Å²) in [5.41, 5.74) is 2.54. The number of benzene rings is 2. The summed E-state index contributed by atoms with van der Waals surface area (Å²) >= 11 is 0. The Balaban J connectivity index is 1.57. The number of hydrogen-bond donors (Lipinski definition) is 1. The molecule has 144 valence electrons. The molecule has 0 amide bonds. The first-order chi connectivity index (χ1) is 13.3. The molecule has 27 heavy (non-hydrogen) atoms. The lowest BCUT2D eigenvalue weighted by atomic mass is 9.76. The molecule has 2 aromatic carbocycles. The highest BCUT2D eigenvalue weighted by atomic mass is 16.5. The normalized spacial score (nSPS) is 19.3. The molecule has 0 bridgehead atoms. The predicted octanol–water partition coefficient (Wildman–Crippen LogP) is 4.02. The van der Waals surface area contributed by atoms with Crippen LogP contribution in [-0.4, -0.2) is 38.2 Å². The van der Waals surface area contributed by atoms with Gasteiger partial charge >= 0.3 is 0 Å². The van der Waals surface area contributed by atoms with Crippen molar-refractivity contribution >= 4 is 0 Å². The number of piperazine rings is 1. The molecule has 1 saturated heterocycles. The average Bonchev–Trinajstić information content (AvgIpc) is 2.70. The van der Waals surface area contributed by atoms with Crippen molar-refractivity contribution in [3.63, 3.8) is 0 Å². The van der Waals surface area contributed by atoms with E-state index in [1.165, 1.54) is 30.4 Å². The van der Waals surface area contributed by atoms with Crippen molar-refractivity contribution < 1.29 is 9.47 Å². The minimum Gasteiger partial charge on any atom is -0.493 e. The van der Waals surface area contributed by atoms with Gasteiger partial charge in [0.1, 0.15) is 6.61 Å². The first kappa shape index (κ1) is 18.3. The molecular formula is C23H30N2O2. The van der Waals surface area contributed by atoms with Crippen molar-refractivity contribution in [3.8, 4) is 11.5 Å². The van der Waals surface area contributed by atoms with Crippen LogP contribution >= 0.6 is 0 Å². The van der Waals surface area contributed by atoms with Gasteiger partial charge in [0.25, 0.3) is 0 Å². The molecule has 2 aliphatic rings. The molecule has 1 aliphatic heterocycles. The van der Waals surface area contributed by atoms with Crippen molar-refractivity contribution in [1.29, 1.82) is 0 Å². The fraction of sp³-hybridized carbons (Fsp3) is 0.478. The molecule has 0 radical (unpaired) electrons. The van der Waals surface area contributed by atoms with Gasteiger partial charge in [0.2, 0.25) is 0 Å². The van der Waals surface area contributed by atoms with E-state index in [0.29, 0.717) is 12.6 Å². The predicted molar refractivity (Wildman–Crippen MR) is 108 cm³/mol. The Kier molecular flexibility index (Phi) is 5.95. The van der Waals surface area contributed by atoms with Gasteiger partial charge < -0.3 is 14.8 Å². The number of ether oxygens (including phenoxy) is 2. The Bertz CT molecular complexity index is 724. The SMILES string of the molecule is COc1ccc([C@H](C2CCC2)N2CCNCC2)cc1OCc1ccccc1. The van der Waals surface area contributed by atoms with E-state index < -0.39 is 0 Å². The Morgan fingerprint density at radius 2 is 1.81 bits per heavy atom. The zero-order valence-corrected chi connectivity index (χ0v) is 16.2. The van der Waals surface area contributed by atoms with E-state index in [4.69, 9.17) is 9.47 Å². The summed E-state index contributed by atoms with van der Waals surface area (Å²) in [4.78, 5) is 2.66. The Morgan fingerprint density at radius 3 is 2.48 bits per heavy atom. The second-order valence-corrected chi connectivity index (χ2v) is 7.61. The third-order valence-corrected chi connectivity index (χ3v) is 5.91. The van der Waals surface area contributed by atoms with E-state index in [2.05, 4.69) is 40.5 Å². The molecule has 2 aromatic rings. The first-order valence-electron chi connectivity index (χ1n) is 10.1. The summed E-state index contributed by atoms with van der Waals surface area (Å²) in [5, 5.41) is 3.48. The van der Waals surface area contributed by atoms with E-state index >= 15 is 0 Å². The Morgan fingerprint density at radius 1 is 1.04 bits per heavy atom. The average molecular weight is 367 g/mol. The van der Waals surface area contributed by atoms with Crippen molar-refractivity contribution in [1.82, 2.24) is 10.2 Å². The lowest BCUT2D eigenvalue weighted by Gasteiger charge is -2.43. The van der Waals surface area contributed by atoms with Crippen molar-refractivity contribution in [3.05, 3.63) is 59.7 Å². The Labute approximate surface area is 162 Å². The van der Waals surface area contributed by atoms with Crippen LogP contribution in [0.4, 0.5) is 0 Å². The maximum Gasteiger partial charge on any atom is 0.161 e. The van der Waals surface area contributed by atoms with Crippen LogP contribution < -0.4 is 14.8 Å². The molecule has 1 aliphatic carbocycles. The first-order valence-corrected chi connectivity index (χ1v) is 10.1. The van der Waals surface area contributed by atoms with Crippen molar-refractivity contribution in [2.45, 2.75) is 31.9 Å². The summed E-state index contributed by atoms with van der Waals surface area (Å²) in [6, 6.07) is 17.3. The summed E-state index contributed by atoms with van der Waals surface area (Å²) in [5.74, 6) is 2.42. The molecule has 1 atom stereocenters. The molecule has 4 heteroatoms. The van der Waals surface area contributed by atoms with Gasteiger partial charge in [-0.25, -0.2) is 0 Å². The molecule has 4 rings (SSSR count). The van der Waals surface area contributed by atoms with E-state index in [1.54, 1.807) is 7.11 Å². The number of methoxy groups -OCH3 is 1. The van der Waals surface area contributed by atoms with Gasteiger partial charge in [-0.3, -0.25) is 4.90 Å². The molecule has 0 spiro atoms. The van der Waals surface area contributed by atoms with Gasteiger partial charge in [-0.2, -0.15) is 0 Å². The van der Waals surface area contributed by atoms with Gasteiger partial charge in [-0.05, 0) is 42.0 Å². The molecular weight excluding hydrogens is 336 g/mol. The highest BCUT2D eigenvalue weighted by Gasteiger charge is 2.34. The van der Waals surface area contributed by atoms with E-state index in [0.717, 1.165) is 43.6 Å². The van der Waals surface area contributed by atoms with Crippen molar-refractivity contribution in [2.24, 2.45) is 5.92 Å². The number of nitrogens with one attached hydrogen (secondary N) is 1. The fourth-order valence-electron chi connectivity index (χ4n) is 4.22. The van der Waals surface area contributed by atoms with Crippen LogP contribution in [0.5, 0.6) is 11.5 Å². The monoisotopic (exact) mass is 366 g/mol. The smallest absolute Gasteiger partial charge is 0.161 e. The highest BCUT2D eigenvalue weighted by molar-refractivity contribution is 5.44. The molecule has 4 nitrogen and oxygen atoms in total. The van der Waals surface area contributed by atoms with Crippen LogP contribution in [0.1, 0.15) is 36.4 Å². The van der Waals surface area contributed by atoms with Crippen LogP contribution in [-0.2, 0) is 6.61 Å². The zero-order valence-electron chi connectivity index (χ0n) is 16.2. The zero-order chi connectivity index (χ0) is 18.5. The lowest BCUT2D eigenvalue weighted by Crippen LogP contribution is -2.47. The maximum atomic E-state index is 6.17. The van der Waals surface area contributed by atoms with Crippen LogP contribution in [0.2, 0.25) is 0 Å². The van der Waals surface area contributed by atoms with Gasteiger partial charge in [-0.15, -0.1) is 0 Å². The molecule has 1 saturated carbocycles. The summed E-state index contributed by atoms with van der Waals surface area (Å²) < 4.78 is 11.7. The summed E-state index contributed by atoms with van der Waals surface area (Å²) in [7, 11) is 1.71. The standard InChI is InChI=1S/C23H30N2O2/c1-26-21-11-10-20(16-22(21)27-17-18-6-3-2-4-7-18)23(19-8-5-9-19)25-14-12-24-13-15-25/h2-4,6-7,10-11,16,19,23-24H,5,8-9,12-15,17H2,1H3/t23-/m0/s1. The van der Waals surface area contributed by atoms with Crippen LogP contribution in [0.3, 0.4) is 0 Å². The molecule has 2 fully saturated rings. The van der Waals surface area contributed by atoms with Crippen molar-refractivity contribution in [2.75, 3.05) is 33.3 Å². The maximum absolute atomic E-state index is 6.17. The number of rotatable bonds is 7. The molecule has 1 heterocycles. The summed E-state index contributed by atoms with van der Waals surface area (Å²) in [6.45, 7) is 4.96. The third kappa shape index (κ3) is 4.28. The van der Waals surface area contributed by atoms with Gasteiger partial charge in [0.15, 0.2) is 11.5 Å². The Hall–Kier alpha value is -2.04. The van der Waals surface area contributed by atoms with Gasteiger partial charge in [-0.1, -0.05) is 42.8 Å². The largest absolute Gasteiger partial charge is 0.493 e. The van der Waals surface area contributed by atoms with E-state index in [-0.39, 0.29) is 0 Å². The highest BCUT2D eigenvalue weighted by Crippen LogP contribution is 2.43. The minimum absolute atomic E-state index is 0.492. The fourth-order valence-corrected chi connectivity index (χ4v) is 4.22. The lowest BCUT2D eigenvalue weighted by molar-refractivity contribution is 0.0834. The molecule has 0 unspecified atom stereocenters. The molecule has 0 aromatic heterocycles.